The van der Waals surface area contributed by atoms with Crippen LogP contribution in [0.1, 0.15) is 0 Å². The predicted octanol–water partition coefficient (Wildman–Crippen LogP) is 4.78. The molecule has 3 aromatic rings. The molecule has 0 saturated heterocycles. The van der Waals surface area contributed by atoms with E-state index in [0.717, 1.165) is 10.2 Å². The van der Waals surface area contributed by atoms with Gasteiger partial charge in [0, 0.05) is 12.1 Å². The molecule has 3 rings (SSSR count). The van der Waals surface area contributed by atoms with E-state index < -0.39 is 6.03 Å². The molecule has 0 aliphatic heterocycles. The molecule has 0 bridgehead atoms. The van der Waals surface area contributed by atoms with Gasteiger partial charge < -0.3 is 5.32 Å². The Hall–Kier alpha value is -2.02. The van der Waals surface area contributed by atoms with Crippen LogP contribution in [0.4, 0.5) is 15.6 Å². The molecule has 2 aromatic carbocycles. The molecular weight excluding hydrogens is 355 g/mol. The molecule has 8 heteroatoms. The van der Waals surface area contributed by atoms with Gasteiger partial charge in [-0.3, -0.25) is 5.01 Å². The number of urea groups is 1. The van der Waals surface area contributed by atoms with E-state index in [9.17, 15) is 4.79 Å². The summed E-state index contributed by atoms with van der Waals surface area (Å²) in [5, 5.41) is 5.79. The van der Waals surface area contributed by atoms with E-state index in [4.69, 9.17) is 23.2 Å². The maximum Gasteiger partial charge on any atom is 0.338 e. The molecule has 2 N–H and O–H groups in total. The fraction of sp³-hybridized carbons (Fsp3) is 0.0667. The van der Waals surface area contributed by atoms with Gasteiger partial charge in [-0.2, -0.15) is 0 Å². The lowest BCUT2D eigenvalue weighted by Gasteiger charge is -2.17. The van der Waals surface area contributed by atoms with E-state index in [0.29, 0.717) is 20.9 Å². The van der Waals surface area contributed by atoms with Crippen LogP contribution in [0.15, 0.2) is 42.5 Å². The average Bonchev–Trinajstić information content (AvgIpc) is 2.94. The summed E-state index contributed by atoms with van der Waals surface area (Å²) in [4.78, 5) is 16.5. The smallest absolute Gasteiger partial charge is 0.305 e. The number of para-hydroxylation sites is 1. The lowest BCUT2D eigenvalue weighted by Crippen LogP contribution is -2.42. The number of benzene rings is 2. The molecule has 0 atom stereocenters. The largest absolute Gasteiger partial charge is 0.338 e. The minimum atomic E-state index is -0.420. The second kappa shape index (κ2) is 6.62. The highest BCUT2D eigenvalue weighted by Crippen LogP contribution is 2.27. The first kappa shape index (κ1) is 15.9. The number of carbonyl (C=O) groups is 1. The van der Waals surface area contributed by atoms with E-state index >= 15 is 0 Å². The van der Waals surface area contributed by atoms with Crippen LogP contribution in [-0.4, -0.2) is 18.1 Å². The van der Waals surface area contributed by atoms with Gasteiger partial charge >= 0.3 is 6.03 Å². The molecule has 0 spiro atoms. The molecule has 0 aliphatic carbocycles. The first-order valence-electron chi connectivity index (χ1n) is 6.65. The van der Waals surface area contributed by atoms with Gasteiger partial charge in [0.25, 0.3) is 0 Å². The number of rotatable bonds is 3. The van der Waals surface area contributed by atoms with Crippen molar-refractivity contribution in [2.45, 2.75) is 0 Å². The van der Waals surface area contributed by atoms with E-state index in [1.54, 1.807) is 30.3 Å². The third kappa shape index (κ3) is 3.67. The number of anilines is 2. The molecule has 0 unspecified atom stereocenters. The first-order valence-corrected chi connectivity index (χ1v) is 8.22. The Morgan fingerprint density at radius 1 is 1.22 bits per heavy atom. The third-order valence-corrected chi connectivity index (χ3v) is 4.68. The average molecular weight is 367 g/mol. The van der Waals surface area contributed by atoms with Crippen LogP contribution < -0.4 is 15.8 Å². The summed E-state index contributed by atoms with van der Waals surface area (Å²) in [5.41, 5.74) is 4.06. The summed E-state index contributed by atoms with van der Waals surface area (Å²) in [7, 11) is 1.72. The molecule has 1 heterocycles. The molecule has 23 heavy (non-hydrogen) atoms. The normalized spacial score (nSPS) is 10.6. The summed E-state index contributed by atoms with van der Waals surface area (Å²) in [5.74, 6) is 0. The van der Waals surface area contributed by atoms with Crippen LogP contribution in [0.2, 0.25) is 10.0 Å². The molecule has 1 aromatic heterocycles. The van der Waals surface area contributed by atoms with Crippen molar-refractivity contribution < 1.29 is 4.79 Å². The fourth-order valence-corrected chi connectivity index (χ4v) is 3.29. The minimum Gasteiger partial charge on any atom is -0.305 e. The molecule has 0 saturated carbocycles. The van der Waals surface area contributed by atoms with Crippen molar-refractivity contribution in [1.82, 2.24) is 10.4 Å². The number of nitrogens with one attached hydrogen (secondary N) is 2. The molecular formula is C15H12Cl2N4OS. The summed E-state index contributed by atoms with van der Waals surface area (Å²) < 4.78 is 1.05. The highest BCUT2D eigenvalue weighted by atomic mass is 35.5. The zero-order chi connectivity index (χ0) is 16.4. The highest BCUT2D eigenvalue weighted by Gasteiger charge is 2.12. The number of halogens is 2. The molecule has 0 aliphatic rings. The molecule has 2 amide bonds. The Morgan fingerprint density at radius 2 is 2.00 bits per heavy atom. The van der Waals surface area contributed by atoms with Crippen molar-refractivity contribution in [3.05, 3.63) is 52.5 Å². The van der Waals surface area contributed by atoms with Gasteiger partial charge in [-0.25, -0.2) is 15.2 Å². The summed E-state index contributed by atoms with van der Waals surface area (Å²) >= 11 is 13.3. The van der Waals surface area contributed by atoms with Crippen LogP contribution >= 0.6 is 34.5 Å². The van der Waals surface area contributed by atoms with Crippen molar-refractivity contribution in [1.29, 1.82) is 0 Å². The second-order valence-electron chi connectivity index (χ2n) is 4.71. The SMILES string of the molecule is CN(NC(=O)Nc1ccc(Cl)cc1Cl)c1nc2ccccc2s1. The zero-order valence-electron chi connectivity index (χ0n) is 12.0. The Kier molecular flexibility index (Phi) is 4.56. The van der Waals surface area contributed by atoms with Crippen LogP contribution in [0.5, 0.6) is 0 Å². The molecule has 0 radical (unpaired) electrons. The monoisotopic (exact) mass is 366 g/mol. The highest BCUT2D eigenvalue weighted by molar-refractivity contribution is 7.22. The molecule has 5 nitrogen and oxygen atoms in total. The number of hydrogen-bond donors (Lipinski definition) is 2. The minimum absolute atomic E-state index is 0.371. The van der Waals surface area contributed by atoms with Gasteiger partial charge in [-0.05, 0) is 30.3 Å². The van der Waals surface area contributed by atoms with Crippen molar-refractivity contribution in [2.75, 3.05) is 17.4 Å². The van der Waals surface area contributed by atoms with Gasteiger partial charge in [0.15, 0.2) is 0 Å². The second-order valence-corrected chi connectivity index (χ2v) is 6.57. The first-order chi connectivity index (χ1) is 11.0. The zero-order valence-corrected chi connectivity index (χ0v) is 14.3. The van der Waals surface area contributed by atoms with Crippen molar-refractivity contribution in [3.63, 3.8) is 0 Å². The number of hydrogen-bond acceptors (Lipinski definition) is 4. The Labute approximate surface area is 146 Å². The maximum absolute atomic E-state index is 12.1. The van der Waals surface area contributed by atoms with Crippen molar-refractivity contribution in [2.24, 2.45) is 0 Å². The maximum atomic E-state index is 12.1. The number of thiazole rings is 1. The molecule has 118 valence electrons. The van der Waals surface area contributed by atoms with Gasteiger partial charge in [0.05, 0.1) is 20.9 Å². The number of hydrazine groups is 1. The topological polar surface area (TPSA) is 57.3 Å². The van der Waals surface area contributed by atoms with Gasteiger partial charge in [0.1, 0.15) is 0 Å². The van der Waals surface area contributed by atoms with Gasteiger partial charge in [-0.1, -0.05) is 46.7 Å². The number of aromatic nitrogens is 1. The summed E-state index contributed by atoms with van der Waals surface area (Å²) in [6.07, 6.45) is 0. The number of carbonyl (C=O) groups excluding carboxylic acids is 1. The van der Waals surface area contributed by atoms with E-state index in [1.807, 2.05) is 24.3 Å². The lowest BCUT2D eigenvalue weighted by atomic mass is 10.3. The van der Waals surface area contributed by atoms with Crippen molar-refractivity contribution >= 4 is 61.6 Å². The lowest BCUT2D eigenvalue weighted by molar-refractivity contribution is 0.251. The van der Waals surface area contributed by atoms with E-state index in [1.165, 1.54) is 11.3 Å². The Bertz CT molecular complexity index is 835. The van der Waals surface area contributed by atoms with Crippen LogP contribution in [0.3, 0.4) is 0 Å². The molecule has 0 fully saturated rings. The Balaban J connectivity index is 1.69. The van der Waals surface area contributed by atoms with Crippen LogP contribution in [0, 0.1) is 0 Å². The van der Waals surface area contributed by atoms with Crippen LogP contribution in [0.25, 0.3) is 10.2 Å². The number of amides is 2. The van der Waals surface area contributed by atoms with E-state index in [2.05, 4.69) is 15.7 Å². The fourth-order valence-electron chi connectivity index (χ4n) is 1.94. The number of fused-ring (bicyclic) bond motifs is 1. The van der Waals surface area contributed by atoms with Gasteiger partial charge in [0.2, 0.25) is 5.13 Å². The van der Waals surface area contributed by atoms with Crippen molar-refractivity contribution in [3.8, 4) is 0 Å². The predicted molar refractivity (Wildman–Crippen MR) is 96.6 cm³/mol. The number of nitrogens with zero attached hydrogens (tertiary/aromatic N) is 2. The Morgan fingerprint density at radius 3 is 2.74 bits per heavy atom. The quantitative estimate of drug-likeness (QED) is 0.656. The summed E-state index contributed by atoms with van der Waals surface area (Å²) in [6, 6.07) is 12.2. The third-order valence-electron chi connectivity index (χ3n) is 3.02. The van der Waals surface area contributed by atoms with Crippen LogP contribution in [-0.2, 0) is 0 Å². The van der Waals surface area contributed by atoms with Gasteiger partial charge in [-0.15, -0.1) is 0 Å². The summed E-state index contributed by atoms with van der Waals surface area (Å²) in [6.45, 7) is 0. The van der Waals surface area contributed by atoms with E-state index in [-0.39, 0.29) is 0 Å². The standard InChI is InChI=1S/C15H12Cl2N4OS/c1-21(15-19-12-4-2-3-5-13(12)23-15)20-14(22)18-11-7-6-9(16)8-10(11)17/h2-8H,1H3,(H2,18,20,22).